The van der Waals surface area contributed by atoms with Crippen molar-refractivity contribution in [1.29, 1.82) is 0 Å². The van der Waals surface area contributed by atoms with Crippen LogP contribution >= 0.6 is 0 Å². The maximum absolute atomic E-state index is 12.0. The number of rotatable bonds is 7. The van der Waals surface area contributed by atoms with E-state index < -0.39 is 0 Å². The molecule has 0 saturated carbocycles. The van der Waals surface area contributed by atoms with E-state index in [0.29, 0.717) is 6.61 Å². The Morgan fingerprint density at radius 3 is 2.67 bits per heavy atom. The smallest absolute Gasteiger partial charge is 0.227 e. The predicted molar refractivity (Wildman–Crippen MR) is 74.9 cm³/mol. The second kappa shape index (κ2) is 7.75. The van der Waals surface area contributed by atoms with Gasteiger partial charge in [0.2, 0.25) is 5.91 Å². The number of carbonyl (C=O) groups is 1. The molecule has 0 aliphatic heterocycles. The van der Waals surface area contributed by atoms with Crippen molar-refractivity contribution < 1.29 is 9.53 Å². The summed E-state index contributed by atoms with van der Waals surface area (Å²) in [5.41, 5.74) is 0.763. The molecule has 3 heteroatoms. The summed E-state index contributed by atoms with van der Waals surface area (Å²) < 4.78 is 5.61. The molecule has 0 radical (unpaired) electrons. The molecule has 1 N–H and O–H groups in total. The minimum atomic E-state index is 0.0363. The number of hydrogen-bond acceptors (Lipinski definition) is 2. The Morgan fingerprint density at radius 1 is 1.28 bits per heavy atom. The molecule has 1 rings (SSSR count). The van der Waals surface area contributed by atoms with Crippen molar-refractivity contribution >= 4 is 11.6 Å². The SMILES string of the molecule is CCCOc1ccccc1NC(=O)C(C)CCC. The number of hydrogen-bond donors (Lipinski definition) is 1. The monoisotopic (exact) mass is 249 g/mol. The molecule has 18 heavy (non-hydrogen) atoms. The molecule has 1 aromatic carbocycles. The van der Waals surface area contributed by atoms with Gasteiger partial charge < -0.3 is 10.1 Å². The highest BCUT2D eigenvalue weighted by Crippen LogP contribution is 2.24. The van der Waals surface area contributed by atoms with Crippen LogP contribution in [0, 0.1) is 5.92 Å². The largest absolute Gasteiger partial charge is 0.491 e. The highest BCUT2D eigenvalue weighted by molar-refractivity contribution is 5.93. The van der Waals surface area contributed by atoms with E-state index in [1.54, 1.807) is 0 Å². The average Bonchev–Trinajstić information content (AvgIpc) is 2.38. The van der Waals surface area contributed by atoms with Crippen molar-refractivity contribution in [3.8, 4) is 5.75 Å². The molecule has 0 fully saturated rings. The van der Waals surface area contributed by atoms with Crippen LogP contribution in [-0.4, -0.2) is 12.5 Å². The fourth-order valence-electron chi connectivity index (χ4n) is 1.73. The maximum Gasteiger partial charge on any atom is 0.227 e. The zero-order chi connectivity index (χ0) is 13.4. The normalized spacial score (nSPS) is 11.9. The second-order valence-electron chi connectivity index (χ2n) is 4.52. The Labute approximate surface area is 110 Å². The lowest BCUT2D eigenvalue weighted by molar-refractivity contribution is -0.119. The molecule has 0 saturated heterocycles. The molecule has 1 unspecified atom stereocenters. The third-order valence-electron chi connectivity index (χ3n) is 2.78. The van der Waals surface area contributed by atoms with Crippen LogP contribution in [0.25, 0.3) is 0 Å². The van der Waals surface area contributed by atoms with Gasteiger partial charge in [0.1, 0.15) is 5.75 Å². The molecule has 0 aliphatic carbocycles. The van der Waals surface area contributed by atoms with Gasteiger partial charge in [-0.1, -0.05) is 39.3 Å². The summed E-state index contributed by atoms with van der Waals surface area (Å²) in [7, 11) is 0. The highest BCUT2D eigenvalue weighted by Gasteiger charge is 2.13. The molecule has 1 amide bonds. The third kappa shape index (κ3) is 4.40. The maximum atomic E-state index is 12.0. The molecule has 0 heterocycles. The molecule has 1 atom stereocenters. The lowest BCUT2D eigenvalue weighted by atomic mass is 10.1. The van der Waals surface area contributed by atoms with E-state index in [9.17, 15) is 4.79 Å². The third-order valence-corrected chi connectivity index (χ3v) is 2.78. The minimum Gasteiger partial charge on any atom is -0.491 e. The predicted octanol–water partition coefficient (Wildman–Crippen LogP) is 3.85. The van der Waals surface area contributed by atoms with Crippen molar-refractivity contribution in [2.75, 3.05) is 11.9 Å². The first kappa shape index (κ1) is 14.6. The van der Waals surface area contributed by atoms with Crippen LogP contribution in [0.15, 0.2) is 24.3 Å². The Morgan fingerprint density at radius 2 is 2.00 bits per heavy atom. The van der Waals surface area contributed by atoms with Crippen molar-refractivity contribution in [2.24, 2.45) is 5.92 Å². The minimum absolute atomic E-state index is 0.0363. The van der Waals surface area contributed by atoms with Gasteiger partial charge in [-0.2, -0.15) is 0 Å². The first-order chi connectivity index (χ1) is 8.69. The number of ether oxygens (including phenoxy) is 1. The zero-order valence-corrected chi connectivity index (χ0v) is 11.5. The fraction of sp³-hybridized carbons (Fsp3) is 0.533. The summed E-state index contributed by atoms with van der Waals surface area (Å²) in [6.45, 7) is 6.76. The number of amides is 1. The number of para-hydroxylation sites is 2. The Kier molecular flexibility index (Phi) is 6.26. The first-order valence-corrected chi connectivity index (χ1v) is 6.71. The van der Waals surface area contributed by atoms with Crippen LogP contribution in [0.4, 0.5) is 5.69 Å². The van der Waals surface area contributed by atoms with E-state index in [-0.39, 0.29) is 11.8 Å². The molecule has 1 aromatic rings. The van der Waals surface area contributed by atoms with Gasteiger partial charge in [-0.3, -0.25) is 4.79 Å². The van der Waals surface area contributed by atoms with Gasteiger partial charge in [0, 0.05) is 5.92 Å². The van der Waals surface area contributed by atoms with Crippen molar-refractivity contribution in [1.82, 2.24) is 0 Å². The molecule has 0 aliphatic rings. The molecule has 0 spiro atoms. The number of nitrogens with one attached hydrogen (secondary N) is 1. The standard InChI is InChI=1S/C15H23NO2/c1-4-8-12(3)15(17)16-13-9-6-7-10-14(13)18-11-5-2/h6-7,9-10,12H,4-5,8,11H2,1-3H3,(H,16,17). The number of benzene rings is 1. The highest BCUT2D eigenvalue weighted by atomic mass is 16.5. The van der Waals surface area contributed by atoms with Crippen LogP contribution in [0.1, 0.15) is 40.0 Å². The number of anilines is 1. The summed E-state index contributed by atoms with van der Waals surface area (Å²) >= 11 is 0. The average molecular weight is 249 g/mol. The molecule has 100 valence electrons. The van der Waals surface area contributed by atoms with Gasteiger partial charge in [-0.15, -0.1) is 0 Å². The van der Waals surface area contributed by atoms with Crippen LogP contribution in [0.3, 0.4) is 0 Å². The van der Waals surface area contributed by atoms with Gasteiger partial charge in [0.25, 0.3) is 0 Å². The Bertz CT molecular complexity index is 377. The summed E-state index contributed by atoms with van der Waals surface area (Å²) in [6.07, 6.45) is 2.88. The summed E-state index contributed by atoms with van der Waals surface area (Å²) in [4.78, 5) is 12.0. The van der Waals surface area contributed by atoms with E-state index in [1.165, 1.54) is 0 Å². The lowest BCUT2D eigenvalue weighted by Crippen LogP contribution is -2.20. The van der Waals surface area contributed by atoms with Crippen molar-refractivity contribution in [2.45, 2.75) is 40.0 Å². The summed E-state index contributed by atoms with van der Waals surface area (Å²) in [5.74, 6) is 0.843. The van der Waals surface area contributed by atoms with Gasteiger partial charge in [0.05, 0.1) is 12.3 Å². The van der Waals surface area contributed by atoms with Gasteiger partial charge in [0.15, 0.2) is 0 Å². The van der Waals surface area contributed by atoms with E-state index in [2.05, 4.69) is 19.2 Å². The summed E-state index contributed by atoms with van der Waals surface area (Å²) in [6, 6.07) is 7.58. The van der Waals surface area contributed by atoms with Crippen LogP contribution in [0.5, 0.6) is 5.75 Å². The number of carbonyl (C=O) groups excluding carboxylic acids is 1. The Hall–Kier alpha value is -1.51. The van der Waals surface area contributed by atoms with E-state index in [4.69, 9.17) is 4.74 Å². The molecular formula is C15H23NO2. The van der Waals surface area contributed by atoms with Gasteiger partial charge >= 0.3 is 0 Å². The molecule has 0 aromatic heterocycles. The van der Waals surface area contributed by atoms with Crippen LogP contribution < -0.4 is 10.1 Å². The fourth-order valence-corrected chi connectivity index (χ4v) is 1.73. The zero-order valence-electron chi connectivity index (χ0n) is 11.5. The Balaban J connectivity index is 2.68. The molecule has 3 nitrogen and oxygen atoms in total. The van der Waals surface area contributed by atoms with E-state index >= 15 is 0 Å². The van der Waals surface area contributed by atoms with Crippen molar-refractivity contribution in [3.63, 3.8) is 0 Å². The van der Waals surface area contributed by atoms with E-state index in [1.807, 2.05) is 31.2 Å². The van der Waals surface area contributed by atoms with Crippen molar-refractivity contribution in [3.05, 3.63) is 24.3 Å². The molecular weight excluding hydrogens is 226 g/mol. The second-order valence-corrected chi connectivity index (χ2v) is 4.52. The summed E-state index contributed by atoms with van der Waals surface area (Å²) in [5, 5.41) is 2.94. The van der Waals surface area contributed by atoms with Crippen LogP contribution in [0.2, 0.25) is 0 Å². The van der Waals surface area contributed by atoms with Gasteiger partial charge in [-0.05, 0) is 25.0 Å². The van der Waals surface area contributed by atoms with Gasteiger partial charge in [-0.25, -0.2) is 0 Å². The van der Waals surface area contributed by atoms with Crippen LogP contribution in [-0.2, 0) is 4.79 Å². The molecule has 0 bridgehead atoms. The topological polar surface area (TPSA) is 38.3 Å². The van der Waals surface area contributed by atoms with E-state index in [0.717, 1.165) is 30.7 Å². The lowest BCUT2D eigenvalue weighted by Gasteiger charge is -2.14. The first-order valence-electron chi connectivity index (χ1n) is 6.71. The quantitative estimate of drug-likeness (QED) is 0.797.